The zero-order chi connectivity index (χ0) is 35.1. The number of para-hydroxylation sites is 4. The third kappa shape index (κ3) is 3.48. The number of aromatic nitrogens is 2. The van der Waals surface area contributed by atoms with E-state index in [1.165, 1.54) is 104 Å². The van der Waals surface area contributed by atoms with Gasteiger partial charge < -0.3 is 13.9 Å². The molecule has 248 valence electrons. The van der Waals surface area contributed by atoms with Crippen LogP contribution in [-0.4, -0.2) is 15.9 Å². The number of rotatable bonds is 2. The van der Waals surface area contributed by atoms with Crippen molar-refractivity contribution >= 4 is 100.0 Å². The molecule has 2 aromatic heterocycles. The highest BCUT2D eigenvalue weighted by atomic mass is 15.2. The Balaban J connectivity index is 1.34. The fourth-order valence-corrected chi connectivity index (χ4v) is 10.2. The van der Waals surface area contributed by atoms with Gasteiger partial charge in [-0.2, -0.15) is 0 Å². The summed E-state index contributed by atoms with van der Waals surface area (Å²) in [6.07, 6.45) is 0. The predicted octanol–water partition coefficient (Wildman–Crippen LogP) is 11.6. The molecule has 9 aromatic carbocycles. The molecule has 4 heterocycles. The number of nitrogens with zero attached hydrogens (tertiary/aromatic N) is 3. The molecule has 13 rings (SSSR count). The monoisotopic (exact) mass is 683 g/mol. The van der Waals surface area contributed by atoms with Crippen LogP contribution in [0.2, 0.25) is 0 Å². The lowest BCUT2D eigenvalue weighted by molar-refractivity contribution is 1.17. The SMILES string of the molecule is c1ccc(-n2c3ccccc3c3cc4c5c(c32)N(c2cccc3ccccc23)c2c(ccc3ccccc23)B5n2c3ccccc3c3cccc-4c32)cc1. The summed E-state index contributed by atoms with van der Waals surface area (Å²) in [6.45, 7) is -0.0511. The van der Waals surface area contributed by atoms with Crippen molar-refractivity contribution in [3.8, 4) is 16.8 Å². The summed E-state index contributed by atoms with van der Waals surface area (Å²) >= 11 is 0. The molecule has 0 radical (unpaired) electrons. The van der Waals surface area contributed by atoms with E-state index in [0.29, 0.717) is 0 Å². The second-order valence-corrected chi connectivity index (χ2v) is 14.8. The molecule has 3 nitrogen and oxygen atoms in total. The molecule has 0 unspecified atom stereocenters. The van der Waals surface area contributed by atoms with E-state index in [-0.39, 0.29) is 6.85 Å². The normalized spacial score (nSPS) is 13.1. The lowest BCUT2D eigenvalue weighted by Crippen LogP contribution is -2.56. The van der Waals surface area contributed by atoms with Crippen LogP contribution in [0, 0.1) is 0 Å². The van der Waals surface area contributed by atoms with Crippen LogP contribution in [0.1, 0.15) is 0 Å². The van der Waals surface area contributed by atoms with Gasteiger partial charge in [-0.15, -0.1) is 0 Å². The highest BCUT2D eigenvalue weighted by Crippen LogP contribution is 2.52. The molecule has 2 aliphatic heterocycles. The van der Waals surface area contributed by atoms with Gasteiger partial charge in [0.2, 0.25) is 0 Å². The lowest BCUT2D eigenvalue weighted by Gasteiger charge is -2.42. The van der Waals surface area contributed by atoms with Crippen LogP contribution >= 0.6 is 0 Å². The van der Waals surface area contributed by atoms with E-state index in [4.69, 9.17) is 0 Å². The van der Waals surface area contributed by atoms with Crippen molar-refractivity contribution in [2.24, 2.45) is 0 Å². The first-order valence-electron chi connectivity index (χ1n) is 18.8. The Labute approximate surface area is 311 Å². The van der Waals surface area contributed by atoms with E-state index in [2.05, 4.69) is 196 Å². The molecule has 0 atom stereocenters. The third-order valence-corrected chi connectivity index (χ3v) is 12.2. The van der Waals surface area contributed by atoms with Crippen molar-refractivity contribution in [1.29, 1.82) is 0 Å². The van der Waals surface area contributed by atoms with Gasteiger partial charge in [0, 0.05) is 54.6 Å². The molecule has 11 aromatic rings. The van der Waals surface area contributed by atoms with Crippen molar-refractivity contribution in [3.63, 3.8) is 0 Å². The largest absolute Gasteiger partial charge is 0.375 e. The zero-order valence-corrected chi connectivity index (χ0v) is 29.2. The Bertz CT molecular complexity index is 3400. The lowest BCUT2D eigenvalue weighted by atomic mass is 9.44. The van der Waals surface area contributed by atoms with Gasteiger partial charge in [-0.25, -0.2) is 0 Å². The van der Waals surface area contributed by atoms with Crippen molar-refractivity contribution in [2.45, 2.75) is 0 Å². The molecule has 0 aliphatic carbocycles. The summed E-state index contributed by atoms with van der Waals surface area (Å²) in [5.41, 5.74) is 15.1. The van der Waals surface area contributed by atoms with Crippen LogP contribution in [0.3, 0.4) is 0 Å². The van der Waals surface area contributed by atoms with Gasteiger partial charge in [0.05, 0.1) is 28.1 Å². The van der Waals surface area contributed by atoms with Gasteiger partial charge in [-0.3, -0.25) is 0 Å². The van der Waals surface area contributed by atoms with Gasteiger partial charge >= 0.3 is 6.85 Å². The Morgan fingerprint density at radius 1 is 0.389 bits per heavy atom. The molecule has 0 fully saturated rings. The summed E-state index contributed by atoms with van der Waals surface area (Å²) in [4.78, 5) is 2.65. The van der Waals surface area contributed by atoms with Crippen molar-refractivity contribution in [2.75, 3.05) is 4.90 Å². The van der Waals surface area contributed by atoms with Crippen LogP contribution in [0.15, 0.2) is 182 Å². The molecular weight excluding hydrogens is 653 g/mol. The molecule has 0 saturated heterocycles. The Kier molecular flexibility index (Phi) is 5.45. The van der Waals surface area contributed by atoms with Gasteiger partial charge in [0.1, 0.15) is 0 Å². The van der Waals surface area contributed by atoms with Gasteiger partial charge in [-0.1, -0.05) is 146 Å². The number of hydrogen-bond acceptors (Lipinski definition) is 1. The summed E-state index contributed by atoms with van der Waals surface area (Å²) in [6, 6.07) is 67.7. The van der Waals surface area contributed by atoms with Crippen LogP contribution in [0.5, 0.6) is 0 Å². The van der Waals surface area contributed by atoms with Crippen LogP contribution in [0.4, 0.5) is 17.1 Å². The molecule has 0 bridgehead atoms. The number of benzene rings is 9. The second-order valence-electron chi connectivity index (χ2n) is 14.8. The minimum Gasteiger partial charge on any atom is -0.375 e. The van der Waals surface area contributed by atoms with E-state index < -0.39 is 0 Å². The predicted molar refractivity (Wildman–Crippen MR) is 229 cm³/mol. The van der Waals surface area contributed by atoms with Crippen molar-refractivity contribution < 1.29 is 0 Å². The minimum absolute atomic E-state index is 0.0511. The molecular formula is C50H30BN3. The van der Waals surface area contributed by atoms with Crippen LogP contribution in [-0.2, 0) is 0 Å². The molecule has 0 amide bonds. The van der Waals surface area contributed by atoms with Crippen molar-refractivity contribution in [3.05, 3.63) is 182 Å². The van der Waals surface area contributed by atoms with E-state index in [0.717, 1.165) is 5.69 Å². The molecule has 4 heteroatoms. The average molecular weight is 684 g/mol. The zero-order valence-electron chi connectivity index (χ0n) is 29.2. The first-order chi connectivity index (χ1) is 26.8. The highest BCUT2D eigenvalue weighted by molar-refractivity contribution is 6.90. The topological polar surface area (TPSA) is 13.1 Å². The summed E-state index contributed by atoms with van der Waals surface area (Å²) < 4.78 is 5.19. The number of anilines is 3. The summed E-state index contributed by atoms with van der Waals surface area (Å²) in [5.74, 6) is 0. The van der Waals surface area contributed by atoms with E-state index >= 15 is 0 Å². The Hall–Kier alpha value is -7.04. The summed E-state index contributed by atoms with van der Waals surface area (Å²) in [5, 5.41) is 10.1. The standard InChI is InChI=1S/C50H30BN3/c1-2-17-33(18-3-1)52-44-25-10-8-22-37(44)41-30-40-39-24-13-23-38-36-21-9-11-26-45(36)54(47(38)39)51-42-29-28-32-15-5-7-20-35(32)48(42)53(50(46(40)51)49(41)52)43-27-12-16-31-14-4-6-19-34(31)43/h1-30H. The number of fused-ring (bicyclic) bond motifs is 14. The quantitative estimate of drug-likeness (QED) is 0.165. The fourth-order valence-electron chi connectivity index (χ4n) is 10.2. The molecule has 54 heavy (non-hydrogen) atoms. The maximum absolute atomic E-state index is 2.67. The fraction of sp³-hybridized carbons (Fsp3) is 0. The first-order valence-corrected chi connectivity index (χ1v) is 18.8. The summed E-state index contributed by atoms with van der Waals surface area (Å²) in [7, 11) is 0. The van der Waals surface area contributed by atoms with E-state index in [1.54, 1.807) is 0 Å². The number of hydrogen-bond donors (Lipinski definition) is 0. The molecule has 0 spiro atoms. The van der Waals surface area contributed by atoms with E-state index in [1.807, 2.05) is 0 Å². The van der Waals surface area contributed by atoms with E-state index in [9.17, 15) is 0 Å². The second kappa shape index (κ2) is 10.3. The highest BCUT2D eigenvalue weighted by Gasteiger charge is 2.45. The van der Waals surface area contributed by atoms with Crippen LogP contribution in [0.25, 0.3) is 82.0 Å². The minimum atomic E-state index is -0.0511. The van der Waals surface area contributed by atoms with Crippen molar-refractivity contribution in [1.82, 2.24) is 9.05 Å². The Morgan fingerprint density at radius 2 is 1.02 bits per heavy atom. The van der Waals surface area contributed by atoms with Gasteiger partial charge in [-0.05, 0) is 63.7 Å². The first kappa shape index (κ1) is 28.5. The van der Waals surface area contributed by atoms with Gasteiger partial charge in [0.25, 0.3) is 0 Å². The van der Waals surface area contributed by atoms with Crippen LogP contribution < -0.4 is 15.8 Å². The smallest absolute Gasteiger partial charge is 0.333 e. The molecule has 0 saturated carbocycles. The third-order valence-electron chi connectivity index (χ3n) is 12.2. The maximum atomic E-state index is 2.67. The Morgan fingerprint density at radius 3 is 1.85 bits per heavy atom. The van der Waals surface area contributed by atoms with Gasteiger partial charge in [0.15, 0.2) is 0 Å². The molecule has 0 N–H and O–H groups in total. The molecule has 2 aliphatic rings. The maximum Gasteiger partial charge on any atom is 0.333 e. The average Bonchev–Trinajstić information content (AvgIpc) is 3.76.